The van der Waals surface area contributed by atoms with Crippen LogP contribution in [0.5, 0.6) is 0 Å². The van der Waals surface area contributed by atoms with Crippen LogP contribution >= 0.6 is 11.6 Å². The van der Waals surface area contributed by atoms with Gasteiger partial charge in [-0.25, -0.2) is 13.8 Å². The van der Waals surface area contributed by atoms with Crippen molar-refractivity contribution in [2.75, 3.05) is 33.2 Å². The molecular weight excluding hydrogens is 464 g/mol. The molecule has 0 radical (unpaired) electrons. The Labute approximate surface area is 212 Å². The van der Waals surface area contributed by atoms with Crippen LogP contribution in [0.3, 0.4) is 0 Å². The summed E-state index contributed by atoms with van der Waals surface area (Å²) in [6.07, 6.45) is 5.44. The first-order valence-corrected chi connectivity index (χ1v) is 12.4. The highest BCUT2D eigenvalue weighted by atomic mass is 35.5. The number of unbranched alkanes of at least 4 members (excludes halogenated alkanes) is 1. The molecule has 0 N–H and O–H groups in total. The molecule has 0 spiro atoms. The molecule has 1 aromatic heterocycles. The van der Waals surface area contributed by atoms with Crippen molar-refractivity contribution < 1.29 is 8.78 Å². The lowest BCUT2D eigenvalue weighted by Gasteiger charge is -2.35. The number of hydrogen-bond donors (Lipinski definition) is 0. The minimum absolute atomic E-state index is 0.00965. The van der Waals surface area contributed by atoms with Crippen LogP contribution in [0.25, 0.3) is 28.2 Å². The molecule has 1 aliphatic rings. The van der Waals surface area contributed by atoms with Gasteiger partial charge in [0.2, 0.25) is 0 Å². The molecule has 1 saturated heterocycles. The number of pyridine rings is 1. The predicted octanol–water partition coefficient (Wildman–Crippen LogP) is 7.72. The van der Waals surface area contributed by atoms with Crippen LogP contribution in [0.2, 0.25) is 5.02 Å². The van der Waals surface area contributed by atoms with E-state index in [0.29, 0.717) is 21.8 Å². The minimum atomic E-state index is -0.604. The van der Waals surface area contributed by atoms with E-state index in [-0.39, 0.29) is 5.56 Å². The van der Waals surface area contributed by atoms with Crippen LogP contribution in [-0.4, -0.2) is 48.0 Å². The van der Waals surface area contributed by atoms with Gasteiger partial charge >= 0.3 is 0 Å². The average molecular weight is 498 g/mol. The number of benzene rings is 2. The van der Waals surface area contributed by atoms with E-state index in [1.54, 1.807) is 12.1 Å². The zero-order chi connectivity index (χ0) is 25.5. The number of allylic oxidation sites excluding steroid dienone is 1. The van der Waals surface area contributed by atoms with Crippen molar-refractivity contribution in [2.45, 2.75) is 33.1 Å². The normalized spacial score (nSPS) is 13.9. The number of halogens is 3. The second kappa shape index (κ2) is 12.3. The van der Waals surface area contributed by atoms with E-state index in [0.717, 1.165) is 10.9 Å². The minimum Gasteiger partial charge on any atom is -0.373 e. The van der Waals surface area contributed by atoms with Gasteiger partial charge in [-0.3, -0.25) is 0 Å². The smallest absolute Gasteiger partial charge is 0.129 e. The molecule has 3 aromatic rings. The van der Waals surface area contributed by atoms with Gasteiger partial charge in [0.05, 0.1) is 16.2 Å². The molecule has 4 rings (SSSR count). The molecule has 2 heterocycles. The van der Waals surface area contributed by atoms with Crippen molar-refractivity contribution in [1.29, 1.82) is 0 Å². The second-order valence-electron chi connectivity index (χ2n) is 9.00. The molecule has 1 fully saturated rings. The van der Waals surface area contributed by atoms with E-state index >= 15 is 0 Å². The maximum atomic E-state index is 13.7. The fraction of sp³-hybridized carbons (Fsp3) is 0.345. The van der Waals surface area contributed by atoms with E-state index in [9.17, 15) is 8.78 Å². The second-order valence-corrected chi connectivity index (χ2v) is 9.40. The fourth-order valence-corrected chi connectivity index (χ4v) is 4.20. The fourth-order valence-electron chi connectivity index (χ4n) is 3.93. The van der Waals surface area contributed by atoms with E-state index in [4.69, 9.17) is 11.6 Å². The van der Waals surface area contributed by atoms with Crippen molar-refractivity contribution in [1.82, 2.24) is 14.8 Å². The number of rotatable bonds is 6. The summed E-state index contributed by atoms with van der Waals surface area (Å²) >= 11 is 6.27. The van der Waals surface area contributed by atoms with Crippen molar-refractivity contribution in [2.24, 2.45) is 0 Å². The quantitative estimate of drug-likeness (QED) is 0.347. The summed E-state index contributed by atoms with van der Waals surface area (Å²) in [7, 11) is 2.19. The van der Waals surface area contributed by atoms with Crippen LogP contribution in [0.1, 0.15) is 37.3 Å². The van der Waals surface area contributed by atoms with E-state index in [1.165, 1.54) is 70.2 Å². The highest BCUT2D eigenvalue weighted by molar-refractivity contribution is 6.35. The summed E-state index contributed by atoms with van der Waals surface area (Å²) in [6, 6.07) is 9.70. The molecule has 1 aliphatic heterocycles. The molecule has 35 heavy (non-hydrogen) atoms. The standard InChI is InChI=1S/C18H12ClF2N.C11H22N2/c1-3-11-4-5-13-14(19)9-17(22-18(13)6-11)12-7-15(20)10(2)16(21)8-12;1-4-5-6-11(2)13-9-7-12(3)8-10-13/h3-9H,1H2,2H3;2,4-10H2,1,3H3. The molecule has 0 unspecified atom stereocenters. The maximum absolute atomic E-state index is 13.7. The Hall–Kier alpha value is -2.76. The Bertz CT molecular complexity index is 1180. The van der Waals surface area contributed by atoms with Crippen molar-refractivity contribution in [3.8, 4) is 11.3 Å². The first-order chi connectivity index (χ1) is 16.7. The van der Waals surface area contributed by atoms with E-state index in [2.05, 4.69) is 41.9 Å². The number of hydrogen-bond acceptors (Lipinski definition) is 3. The summed E-state index contributed by atoms with van der Waals surface area (Å²) in [5.74, 6) is -1.21. The zero-order valence-electron chi connectivity index (χ0n) is 20.9. The summed E-state index contributed by atoms with van der Waals surface area (Å²) in [6.45, 7) is 16.2. The summed E-state index contributed by atoms with van der Waals surface area (Å²) in [4.78, 5) is 9.28. The maximum Gasteiger partial charge on any atom is 0.129 e. The molecular formula is C29H34ClF2N3. The number of aromatic nitrogens is 1. The Kier molecular flexibility index (Phi) is 9.41. The monoisotopic (exact) mass is 497 g/mol. The Morgan fingerprint density at radius 3 is 2.34 bits per heavy atom. The zero-order valence-corrected chi connectivity index (χ0v) is 21.6. The molecule has 186 valence electrons. The van der Waals surface area contributed by atoms with Gasteiger partial charge in [-0.05, 0) is 56.6 Å². The van der Waals surface area contributed by atoms with Gasteiger partial charge in [-0.15, -0.1) is 0 Å². The third kappa shape index (κ3) is 6.89. The molecule has 2 aromatic carbocycles. The molecule has 0 amide bonds. The van der Waals surface area contributed by atoms with Crippen molar-refractivity contribution in [3.63, 3.8) is 0 Å². The Morgan fingerprint density at radius 1 is 1.09 bits per heavy atom. The van der Waals surface area contributed by atoms with Crippen LogP contribution in [0, 0.1) is 18.6 Å². The van der Waals surface area contributed by atoms with Crippen LogP contribution < -0.4 is 0 Å². The van der Waals surface area contributed by atoms with Crippen LogP contribution in [-0.2, 0) is 0 Å². The molecule has 0 atom stereocenters. The molecule has 0 aliphatic carbocycles. The predicted molar refractivity (Wildman–Crippen MR) is 145 cm³/mol. The number of likely N-dealkylation sites (N-methyl/N-ethyl adjacent to an activating group) is 1. The molecule has 0 bridgehead atoms. The SMILES string of the molecule is C=C(CCCC)N1CCN(C)CC1.C=Cc1ccc2c(Cl)cc(-c3cc(F)c(C)c(F)c3)nc2c1. The van der Waals surface area contributed by atoms with Gasteiger partial charge in [0.15, 0.2) is 0 Å². The lowest BCUT2D eigenvalue weighted by atomic mass is 10.1. The number of fused-ring (bicyclic) bond motifs is 1. The van der Waals surface area contributed by atoms with Gasteiger partial charge in [-0.1, -0.05) is 56.3 Å². The van der Waals surface area contributed by atoms with Gasteiger partial charge in [0.1, 0.15) is 11.6 Å². The van der Waals surface area contributed by atoms with E-state index < -0.39 is 11.6 Å². The lowest BCUT2D eigenvalue weighted by molar-refractivity contribution is 0.182. The van der Waals surface area contributed by atoms with Gasteiger partial charge in [0, 0.05) is 48.4 Å². The van der Waals surface area contributed by atoms with Crippen LogP contribution in [0.15, 0.2) is 55.3 Å². The lowest BCUT2D eigenvalue weighted by Crippen LogP contribution is -2.43. The highest BCUT2D eigenvalue weighted by Gasteiger charge is 2.14. The first-order valence-electron chi connectivity index (χ1n) is 12.0. The van der Waals surface area contributed by atoms with Gasteiger partial charge in [0.25, 0.3) is 0 Å². The Morgan fingerprint density at radius 2 is 1.74 bits per heavy atom. The number of nitrogens with zero attached hydrogens (tertiary/aromatic N) is 3. The van der Waals surface area contributed by atoms with Gasteiger partial charge < -0.3 is 9.80 Å². The summed E-state index contributed by atoms with van der Waals surface area (Å²) < 4.78 is 27.5. The topological polar surface area (TPSA) is 19.4 Å². The summed E-state index contributed by atoms with van der Waals surface area (Å²) in [5, 5.41) is 1.26. The van der Waals surface area contributed by atoms with Crippen LogP contribution in [0.4, 0.5) is 8.78 Å². The third-order valence-corrected chi connectivity index (χ3v) is 6.68. The van der Waals surface area contributed by atoms with E-state index in [1.807, 2.05) is 18.2 Å². The van der Waals surface area contributed by atoms with Gasteiger partial charge in [-0.2, -0.15) is 0 Å². The Balaban J connectivity index is 0.000000225. The number of piperazine rings is 1. The molecule has 0 saturated carbocycles. The average Bonchev–Trinajstić information content (AvgIpc) is 2.85. The highest BCUT2D eigenvalue weighted by Crippen LogP contribution is 2.30. The first kappa shape index (κ1) is 26.8. The van der Waals surface area contributed by atoms with Crippen molar-refractivity contribution in [3.05, 3.63) is 83.0 Å². The largest absolute Gasteiger partial charge is 0.373 e. The molecule has 6 heteroatoms. The van der Waals surface area contributed by atoms with Crippen molar-refractivity contribution >= 4 is 28.6 Å². The third-order valence-electron chi connectivity index (χ3n) is 6.37. The summed E-state index contributed by atoms with van der Waals surface area (Å²) in [5.41, 5.74) is 3.67. The molecule has 3 nitrogen and oxygen atoms in total.